The summed E-state index contributed by atoms with van der Waals surface area (Å²) in [5, 5.41) is 3.60. The molecule has 0 aliphatic rings. The molecule has 206 valence electrons. The summed E-state index contributed by atoms with van der Waals surface area (Å²) in [7, 11) is 2.27. The molecule has 0 bridgehead atoms. The molecular formula is C31H72N2. The maximum Gasteiger partial charge on any atom is 0.0104 e. The van der Waals surface area contributed by atoms with Crippen LogP contribution in [-0.4, -0.2) is 38.1 Å². The normalized spacial score (nSPS) is 10.2. The second-order valence-electron chi connectivity index (χ2n) is 9.36. The van der Waals surface area contributed by atoms with Crippen LogP contribution in [-0.2, 0) is 0 Å². The van der Waals surface area contributed by atoms with Gasteiger partial charge in [0.15, 0.2) is 0 Å². The predicted octanol–water partition coefficient (Wildman–Crippen LogP) is 10.6. The van der Waals surface area contributed by atoms with Crippen LogP contribution >= 0.6 is 0 Å². The van der Waals surface area contributed by atoms with Crippen molar-refractivity contribution in [3.63, 3.8) is 0 Å². The molecule has 0 radical (unpaired) electrons. The fourth-order valence-electron chi connectivity index (χ4n) is 3.73. The Morgan fingerprint density at radius 2 is 0.758 bits per heavy atom. The molecule has 0 aromatic rings. The molecule has 0 aromatic carbocycles. The molecule has 0 fully saturated rings. The highest BCUT2D eigenvalue weighted by atomic mass is 15.1. The highest BCUT2D eigenvalue weighted by Crippen LogP contribution is 2.07. The molecule has 0 unspecified atom stereocenters. The number of unbranched alkanes of at least 4 members (excludes halogenated alkanes) is 16. The van der Waals surface area contributed by atoms with Crippen LogP contribution in [0.2, 0.25) is 0 Å². The van der Waals surface area contributed by atoms with Gasteiger partial charge in [0.05, 0.1) is 0 Å². The average molecular weight is 473 g/mol. The Balaban J connectivity index is -0.000000357. The van der Waals surface area contributed by atoms with Crippen molar-refractivity contribution in [2.24, 2.45) is 0 Å². The Hall–Kier alpha value is -0.0800. The van der Waals surface area contributed by atoms with E-state index < -0.39 is 0 Å². The SMILES string of the molecule is C.CC.CCCCCCC.CCCCCCCCCNCCN(C)CCCCCCCCC. The zero-order valence-electron chi connectivity index (χ0n) is 24.2. The monoisotopic (exact) mass is 473 g/mol. The van der Waals surface area contributed by atoms with Gasteiger partial charge in [0.1, 0.15) is 0 Å². The van der Waals surface area contributed by atoms with Crippen LogP contribution in [0.1, 0.15) is 171 Å². The predicted molar refractivity (Wildman–Crippen MR) is 159 cm³/mol. The first-order chi connectivity index (χ1) is 15.7. The molecule has 0 aromatic heterocycles. The molecule has 33 heavy (non-hydrogen) atoms. The van der Waals surface area contributed by atoms with Crippen molar-refractivity contribution in [3.05, 3.63) is 0 Å². The molecule has 1 N–H and O–H groups in total. The fourth-order valence-corrected chi connectivity index (χ4v) is 3.73. The number of likely N-dealkylation sites (N-methyl/N-ethyl adjacent to an activating group) is 1. The fraction of sp³-hybridized carbons (Fsp3) is 1.00. The van der Waals surface area contributed by atoms with Crippen molar-refractivity contribution < 1.29 is 0 Å². The Labute approximate surface area is 214 Å². The summed E-state index contributed by atoms with van der Waals surface area (Å²) in [6.45, 7) is 17.9. The van der Waals surface area contributed by atoms with Crippen LogP contribution in [0.4, 0.5) is 0 Å². The molecule has 0 amide bonds. The highest BCUT2D eigenvalue weighted by Gasteiger charge is 1.98. The van der Waals surface area contributed by atoms with E-state index in [0.29, 0.717) is 0 Å². The van der Waals surface area contributed by atoms with E-state index in [-0.39, 0.29) is 7.43 Å². The van der Waals surface area contributed by atoms with Crippen molar-refractivity contribution in [3.8, 4) is 0 Å². The number of nitrogens with one attached hydrogen (secondary N) is 1. The third-order valence-electron chi connectivity index (χ3n) is 5.98. The van der Waals surface area contributed by atoms with Crippen LogP contribution in [0, 0.1) is 0 Å². The average Bonchev–Trinajstić information content (AvgIpc) is 2.82. The van der Waals surface area contributed by atoms with E-state index in [1.165, 1.54) is 142 Å². The van der Waals surface area contributed by atoms with E-state index >= 15 is 0 Å². The summed E-state index contributed by atoms with van der Waals surface area (Å²) in [4.78, 5) is 2.49. The number of hydrogen-bond acceptors (Lipinski definition) is 2. The summed E-state index contributed by atoms with van der Waals surface area (Å²) in [5.41, 5.74) is 0. The molecule has 2 heteroatoms. The van der Waals surface area contributed by atoms with Gasteiger partial charge in [0, 0.05) is 13.1 Å². The molecule has 0 aliphatic carbocycles. The van der Waals surface area contributed by atoms with Gasteiger partial charge in [-0.1, -0.05) is 158 Å². The first-order valence-electron chi connectivity index (χ1n) is 15.1. The Bertz CT molecular complexity index is 264. The largest absolute Gasteiger partial charge is 0.315 e. The molecule has 0 spiro atoms. The standard InChI is InChI=1S/C21H46N2.C7H16.C2H6.CH4/c1-4-6-8-10-12-14-16-18-22-19-21-23(3)20-17-15-13-11-9-7-5-2;1-3-5-7-6-4-2;1-2;/h22H,4-21H2,1-3H3;3-7H2,1-2H3;1-2H3;1H4. The lowest BCUT2D eigenvalue weighted by Gasteiger charge is -2.16. The summed E-state index contributed by atoms with van der Waals surface area (Å²) >= 11 is 0. The summed E-state index contributed by atoms with van der Waals surface area (Å²) < 4.78 is 0. The second kappa shape index (κ2) is 42.1. The van der Waals surface area contributed by atoms with Crippen molar-refractivity contribution in [2.75, 3.05) is 33.2 Å². The van der Waals surface area contributed by atoms with Crippen molar-refractivity contribution in [2.45, 2.75) is 171 Å². The van der Waals surface area contributed by atoms with E-state index in [2.05, 4.69) is 45.0 Å². The van der Waals surface area contributed by atoms with Crippen LogP contribution in [0.15, 0.2) is 0 Å². The maximum absolute atomic E-state index is 3.60. The lowest BCUT2D eigenvalue weighted by Crippen LogP contribution is -2.30. The first-order valence-corrected chi connectivity index (χ1v) is 15.1. The molecule has 0 aliphatic heterocycles. The number of nitrogens with zero attached hydrogens (tertiary/aromatic N) is 1. The topological polar surface area (TPSA) is 15.3 Å². The first kappa shape index (κ1) is 40.1. The van der Waals surface area contributed by atoms with Gasteiger partial charge < -0.3 is 10.2 Å². The molecular weight excluding hydrogens is 400 g/mol. The van der Waals surface area contributed by atoms with Gasteiger partial charge >= 0.3 is 0 Å². The zero-order chi connectivity index (χ0) is 24.5. The molecule has 0 rings (SSSR count). The molecule has 2 nitrogen and oxygen atoms in total. The van der Waals surface area contributed by atoms with Crippen LogP contribution < -0.4 is 5.32 Å². The summed E-state index contributed by atoms with van der Waals surface area (Å²) in [6.07, 6.45) is 26.7. The van der Waals surface area contributed by atoms with Crippen LogP contribution in [0.25, 0.3) is 0 Å². The van der Waals surface area contributed by atoms with Gasteiger partial charge in [-0.15, -0.1) is 0 Å². The van der Waals surface area contributed by atoms with Gasteiger partial charge in [-0.25, -0.2) is 0 Å². The van der Waals surface area contributed by atoms with Crippen molar-refractivity contribution >= 4 is 0 Å². The minimum absolute atomic E-state index is 0. The Morgan fingerprint density at radius 3 is 1.18 bits per heavy atom. The maximum atomic E-state index is 3.60. The molecule has 0 atom stereocenters. The van der Waals surface area contributed by atoms with Gasteiger partial charge in [-0.2, -0.15) is 0 Å². The Morgan fingerprint density at radius 1 is 0.424 bits per heavy atom. The van der Waals surface area contributed by atoms with E-state index in [4.69, 9.17) is 0 Å². The minimum Gasteiger partial charge on any atom is -0.315 e. The highest BCUT2D eigenvalue weighted by molar-refractivity contribution is 4.56. The van der Waals surface area contributed by atoms with Gasteiger partial charge in [-0.05, 0) is 33.0 Å². The second-order valence-corrected chi connectivity index (χ2v) is 9.36. The molecule has 0 heterocycles. The van der Waals surface area contributed by atoms with Crippen LogP contribution in [0.5, 0.6) is 0 Å². The number of hydrogen-bond donors (Lipinski definition) is 1. The smallest absolute Gasteiger partial charge is 0.0104 e. The van der Waals surface area contributed by atoms with Gasteiger partial charge in [0.25, 0.3) is 0 Å². The van der Waals surface area contributed by atoms with E-state index in [1.54, 1.807) is 0 Å². The number of rotatable bonds is 23. The van der Waals surface area contributed by atoms with E-state index in [0.717, 1.165) is 6.54 Å². The van der Waals surface area contributed by atoms with Gasteiger partial charge in [-0.3, -0.25) is 0 Å². The summed E-state index contributed by atoms with van der Waals surface area (Å²) in [6, 6.07) is 0. The molecule has 0 saturated carbocycles. The lowest BCUT2D eigenvalue weighted by molar-refractivity contribution is 0.321. The third-order valence-corrected chi connectivity index (χ3v) is 5.98. The van der Waals surface area contributed by atoms with Crippen LogP contribution in [0.3, 0.4) is 0 Å². The quantitative estimate of drug-likeness (QED) is 0.149. The van der Waals surface area contributed by atoms with Crippen molar-refractivity contribution in [1.82, 2.24) is 10.2 Å². The van der Waals surface area contributed by atoms with Gasteiger partial charge in [0.2, 0.25) is 0 Å². The molecule has 0 saturated heterocycles. The minimum atomic E-state index is 0. The van der Waals surface area contributed by atoms with E-state index in [1.807, 2.05) is 13.8 Å². The Kier molecular flexibility index (Phi) is 51.2. The van der Waals surface area contributed by atoms with E-state index in [9.17, 15) is 0 Å². The zero-order valence-corrected chi connectivity index (χ0v) is 24.2. The summed E-state index contributed by atoms with van der Waals surface area (Å²) in [5.74, 6) is 0. The lowest BCUT2D eigenvalue weighted by atomic mass is 10.1. The third kappa shape index (κ3) is 46.0. The van der Waals surface area contributed by atoms with Crippen molar-refractivity contribution in [1.29, 1.82) is 0 Å².